The van der Waals surface area contributed by atoms with Gasteiger partial charge in [-0.3, -0.25) is 4.79 Å². The highest BCUT2D eigenvalue weighted by atomic mass is 16.5. The summed E-state index contributed by atoms with van der Waals surface area (Å²) in [4.78, 5) is 18.9. The van der Waals surface area contributed by atoms with Crippen LogP contribution in [0.2, 0.25) is 0 Å². The van der Waals surface area contributed by atoms with E-state index in [0.29, 0.717) is 23.6 Å². The highest BCUT2D eigenvalue weighted by Gasteiger charge is 2.28. The number of aromatic nitrogens is 2. The number of pyridine rings is 1. The number of aryl methyl sites for hydroxylation is 1. The van der Waals surface area contributed by atoms with Crippen molar-refractivity contribution in [3.63, 3.8) is 0 Å². The molecular formula is C29H39N3O3. The smallest absolute Gasteiger partial charge is 0.292 e. The molecule has 0 amide bonds. The maximum atomic E-state index is 12.6. The maximum absolute atomic E-state index is 12.6. The first-order valence-electron chi connectivity index (χ1n) is 13.1. The Kier molecular flexibility index (Phi) is 6.78. The van der Waals surface area contributed by atoms with Crippen molar-refractivity contribution < 1.29 is 9.47 Å². The van der Waals surface area contributed by atoms with E-state index in [1.807, 2.05) is 13.1 Å². The van der Waals surface area contributed by atoms with Crippen LogP contribution < -0.4 is 10.3 Å². The molecule has 35 heavy (non-hydrogen) atoms. The molecule has 2 saturated heterocycles. The molecule has 3 aromatic rings. The van der Waals surface area contributed by atoms with E-state index in [9.17, 15) is 4.79 Å². The van der Waals surface area contributed by atoms with Crippen LogP contribution in [0.3, 0.4) is 0 Å². The molecule has 0 spiro atoms. The summed E-state index contributed by atoms with van der Waals surface area (Å²) in [6.45, 7) is 10.7. The number of hydrogen-bond acceptors (Lipinski definition) is 4. The molecule has 188 valence electrons. The molecule has 2 aliphatic heterocycles. The average molecular weight is 478 g/mol. The van der Waals surface area contributed by atoms with Gasteiger partial charge >= 0.3 is 0 Å². The molecule has 0 radical (unpaired) electrons. The molecule has 0 atom stereocenters. The lowest BCUT2D eigenvalue weighted by molar-refractivity contribution is 0.0252. The first-order chi connectivity index (χ1) is 16.9. The van der Waals surface area contributed by atoms with Crippen molar-refractivity contribution in [2.75, 3.05) is 33.4 Å². The van der Waals surface area contributed by atoms with Crippen LogP contribution in [0.4, 0.5) is 0 Å². The number of aromatic amines is 1. The van der Waals surface area contributed by atoms with Crippen LogP contribution in [0.25, 0.3) is 22.2 Å². The lowest BCUT2D eigenvalue weighted by atomic mass is 9.86. The highest BCUT2D eigenvalue weighted by molar-refractivity contribution is 5.92. The van der Waals surface area contributed by atoms with Gasteiger partial charge in [0.05, 0.1) is 12.8 Å². The number of methoxy groups -OCH3 is 1. The van der Waals surface area contributed by atoms with Gasteiger partial charge in [0.2, 0.25) is 0 Å². The fourth-order valence-corrected chi connectivity index (χ4v) is 6.23. The molecule has 2 aliphatic rings. The van der Waals surface area contributed by atoms with Gasteiger partial charge in [-0.2, -0.15) is 0 Å². The number of rotatable bonds is 5. The maximum Gasteiger partial charge on any atom is 0.292 e. The lowest BCUT2D eigenvalue weighted by Gasteiger charge is -2.39. The number of nitrogens with one attached hydrogen (secondary N) is 1. The van der Waals surface area contributed by atoms with E-state index >= 15 is 0 Å². The van der Waals surface area contributed by atoms with Crippen LogP contribution >= 0.6 is 0 Å². The number of likely N-dealkylation sites (tertiary alicyclic amines) is 1. The average Bonchev–Trinajstić information content (AvgIpc) is 3.26. The van der Waals surface area contributed by atoms with Crippen molar-refractivity contribution in [3.8, 4) is 17.0 Å². The Morgan fingerprint density at radius 2 is 1.83 bits per heavy atom. The molecule has 1 aromatic carbocycles. The zero-order chi connectivity index (χ0) is 24.7. The Bertz CT molecular complexity index is 1260. The number of nitrogens with zero attached hydrogens (tertiary/aromatic N) is 2. The van der Waals surface area contributed by atoms with E-state index in [4.69, 9.17) is 9.47 Å². The van der Waals surface area contributed by atoms with E-state index in [-0.39, 0.29) is 5.56 Å². The lowest BCUT2D eigenvalue weighted by Crippen LogP contribution is -2.43. The standard InChI is InChI=1S/C29H39N3O3/c1-18(2)26-23-16-21(20-8-12-32(13-9-20)22-10-14-35-15-11-22)6-7-25(23)30-27(26)24-17-31(4)29(33)28(34-5)19(24)3/h6-7,16-18,20,22,30H,8-15H2,1-5H3. The number of hydrogen-bond donors (Lipinski definition) is 1. The van der Waals surface area contributed by atoms with E-state index < -0.39 is 0 Å². The van der Waals surface area contributed by atoms with Crippen LogP contribution in [0.15, 0.2) is 29.2 Å². The molecule has 6 nitrogen and oxygen atoms in total. The van der Waals surface area contributed by atoms with Crippen molar-refractivity contribution in [2.24, 2.45) is 7.05 Å². The van der Waals surface area contributed by atoms with Gasteiger partial charge in [0.1, 0.15) is 0 Å². The molecule has 2 fully saturated rings. The summed E-state index contributed by atoms with van der Waals surface area (Å²) in [5, 5.41) is 1.30. The van der Waals surface area contributed by atoms with Crippen LogP contribution in [0.5, 0.6) is 5.75 Å². The van der Waals surface area contributed by atoms with E-state index in [2.05, 4.69) is 41.9 Å². The zero-order valence-electron chi connectivity index (χ0n) is 21.8. The first-order valence-corrected chi connectivity index (χ1v) is 13.1. The summed E-state index contributed by atoms with van der Waals surface area (Å²) in [5.74, 6) is 1.36. The fourth-order valence-electron chi connectivity index (χ4n) is 6.23. The number of H-pyrrole nitrogens is 1. The summed E-state index contributed by atoms with van der Waals surface area (Å²) in [7, 11) is 3.36. The third kappa shape index (κ3) is 4.43. The van der Waals surface area contributed by atoms with Gasteiger partial charge in [-0.15, -0.1) is 0 Å². The van der Waals surface area contributed by atoms with Crippen molar-refractivity contribution in [3.05, 3.63) is 51.4 Å². The number of ether oxygens (including phenoxy) is 2. The third-order valence-corrected chi connectivity index (χ3v) is 8.20. The summed E-state index contributed by atoms with van der Waals surface area (Å²) in [6.07, 6.45) is 6.72. The van der Waals surface area contributed by atoms with Crippen molar-refractivity contribution >= 4 is 10.9 Å². The largest absolute Gasteiger partial charge is 0.491 e. The molecule has 4 heterocycles. The Labute approximate surface area is 208 Å². The highest BCUT2D eigenvalue weighted by Crippen LogP contribution is 2.40. The normalized spacial score (nSPS) is 18.6. The quantitative estimate of drug-likeness (QED) is 0.539. The monoisotopic (exact) mass is 477 g/mol. The molecule has 0 bridgehead atoms. The van der Waals surface area contributed by atoms with Gasteiger partial charge < -0.3 is 23.9 Å². The minimum Gasteiger partial charge on any atom is -0.491 e. The molecule has 2 aromatic heterocycles. The van der Waals surface area contributed by atoms with E-state index in [1.165, 1.54) is 55.3 Å². The fraction of sp³-hybridized carbons (Fsp3) is 0.552. The minimum atomic E-state index is -0.106. The van der Waals surface area contributed by atoms with Crippen LogP contribution in [-0.2, 0) is 11.8 Å². The summed E-state index contributed by atoms with van der Waals surface area (Å²) in [5.41, 5.74) is 6.80. The zero-order valence-corrected chi connectivity index (χ0v) is 21.8. The van der Waals surface area contributed by atoms with Crippen LogP contribution in [-0.4, -0.2) is 53.9 Å². The predicted octanol–water partition coefficient (Wildman–Crippen LogP) is 5.33. The van der Waals surface area contributed by atoms with Gasteiger partial charge in [-0.05, 0) is 80.8 Å². The molecule has 5 rings (SSSR count). The summed E-state index contributed by atoms with van der Waals surface area (Å²) < 4.78 is 12.7. The first kappa shape index (κ1) is 24.1. The topological polar surface area (TPSA) is 59.5 Å². The molecule has 0 saturated carbocycles. The second-order valence-electron chi connectivity index (χ2n) is 10.6. The third-order valence-electron chi connectivity index (χ3n) is 8.20. The summed E-state index contributed by atoms with van der Waals surface area (Å²) in [6, 6.07) is 7.69. The van der Waals surface area contributed by atoms with Crippen LogP contribution in [0.1, 0.15) is 68.1 Å². The number of benzene rings is 1. The predicted molar refractivity (Wildman–Crippen MR) is 142 cm³/mol. The van der Waals surface area contributed by atoms with E-state index in [1.54, 1.807) is 18.7 Å². The van der Waals surface area contributed by atoms with Crippen molar-refractivity contribution in [2.45, 2.75) is 64.3 Å². The van der Waals surface area contributed by atoms with Gasteiger partial charge in [0.15, 0.2) is 5.75 Å². The molecule has 0 aliphatic carbocycles. The Morgan fingerprint density at radius 1 is 1.11 bits per heavy atom. The van der Waals surface area contributed by atoms with E-state index in [0.717, 1.165) is 35.6 Å². The Hall–Kier alpha value is -2.57. The van der Waals surface area contributed by atoms with Gasteiger partial charge in [-0.1, -0.05) is 19.9 Å². The van der Waals surface area contributed by atoms with Gasteiger partial charge in [-0.25, -0.2) is 0 Å². The number of fused-ring (bicyclic) bond motifs is 1. The Morgan fingerprint density at radius 3 is 2.49 bits per heavy atom. The second-order valence-corrected chi connectivity index (χ2v) is 10.6. The Balaban J connectivity index is 1.48. The summed E-state index contributed by atoms with van der Waals surface area (Å²) >= 11 is 0. The number of piperidine rings is 1. The molecule has 1 N–H and O–H groups in total. The van der Waals surface area contributed by atoms with Gasteiger partial charge in [0, 0.05) is 54.5 Å². The SMILES string of the molecule is COc1c(C)c(-c2[nH]c3ccc(C4CCN(C5CCOCC5)CC4)cc3c2C(C)C)cn(C)c1=O. The minimum absolute atomic E-state index is 0.106. The second kappa shape index (κ2) is 9.82. The van der Waals surface area contributed by atoms with Crippen molar-refractivity contribution in [1.82, 2.24) is 14.5 Å². The van der Waals surface area contributed by atoms with Crippen LogP contribution in [0, 0.1) is 6.92 Å². The molecule has 6 heteroatoms. The molecule has 0 unspecified atom stereocenters. The van der Waals surface area contributed by atoms with Gasteiger partial charge in [0.25, 0.3) is 5.56 Å². The van der Waals surface area contributed by atoms with Crippen molar-refractivity contribution in [1.29, 1.82) is 0 Å². The molecular weight excluding hydrogens is 438 g/mol.